The third-order valence-electron chi connectivity index (χ3n) is 7.72. The molecule has 276 valence electrons. The van der Waals surface area contributed by atoms with Gasteiger partial charge in [-0.3, -0.25) is 24.1 Å². The molecular formula is C27H38N13O9S2+. The lowest BCUT2D eigenvalue weighted by Gasteiger charge is -2.49. The van der Waals surface area contributed by atoms with E-state index in [1.54, 1.807) is 7.05 Å². The number of aliphatic carboxylic acids is 2. The number of aromatic nitrogens is 4. The number of carbonyl (C=O) groups excluding carboxylic acids is 4. The van der Waals surface area contributed by atoms with E-state index in [1.165, 1.54) is 41.2 Å². The molecule has 51 heavy (non-hydrogen) atoms. The maximum absolute atomic E-state index is 13.4. The Morgan fingerprint density at radius 2 is 1.92 bits per heavy atom. The highest BCUT2D eigenvalue weighted by Gasteiger charge is 2.55. The maximum Gasteiger partial charge on any atom is 0.352 e. The second kappa shape index (κ2) is 15.7. The first-order chi connectivity index (χ1) is 24.0. The molecule has 0 bridgehead atoms. The maximum atomic E-state index is 13.4. The third kappa shape index (κ3) is 8.35. The Kier molecular flexibility index (Phi) is 11.8. The highest BCUT2D eigenvalue weighted by Crippen LogP contribution is 2.40. The number of rotatable bonds is 16. The Balaban J connectivity index is 1.53. The van der Waals surface area contributed by atoms with E-state index in [0.717, 1.165) is 16.4 Å². The monoisotopic (exact) mass is 752 g/mol. The zero-order chi connectivity index (χ0) is 37.8. The number of carbonyl (C=O) groups is 6. The van der Waals surface area contributed by atoms with Crippen LogP contribution < -0.4 is 43.6 Å². The number of fused-ring (bicyclic) bond motifs is 1. The Morgan fingerprint density at radius 1 is 1.22 bits per heavy atom. The van der Waals surface area contributed by atoms with Gasteiger partial charge in [0.05, 0.1) is 13.6 Å². The van der Waals surface area contributed by atoms with Crippen LogP contribution in [-0.2, 0) is 47.2 Å². The molecule has 4 rings (SSSR count). The van der Waals surface area contributed by atoms with Crippen molar-refractivity contribution in [2.75, 3.05) is 35.6 Å². The summed E-state index contributed by atoms with van der Waals surface area (Å²) in [4.78, 5) is 85.6. The van der Waals surface area contributed by atoms with Gasteiger partial charge in [-0.2, -0.15) is 9.36 Å². The van der Waals surface area contributed by atoms with Crippen molar-refractivity contribution in [1.29, 1.82) is 0 Å². The topological polar surface area (TPSA) is 342 Å². The van der Waals surface area contributed by atoms with Gasteiger partial charge in [0.2, 0.25) is 35.1 Å². The number of oxime groups is 1. The lowest BCUT2D eigenvalue weighted by molar-refractivity contribution is -0.765. The van der Waals surface area contributed by atoms with Gasteiger partial charge in [0.1, 0.15) is 23.2 Å². The smallest absolute Gasteiger partial charge is 0.352 e. The van der Waals surface area contributed by atoms with Crippen molar-refractivity contribution in [1.82, 2.24) is 29.6 Å². The summed E-state index contributed by atoms with van der Waals surface area (Å²) in [6.07, 6.45) is 2.18. The zero-order valence-corrected chi connectivity index (χ0v) is 29.2. The van der Waals surface area contributed by atoms with Crippen LogP contribution in [0.5, 0.6) is 0 Å². The van der Waals surface area contributed by atoms with Crippen molar-refractivity contribution in [3.63, 3.8) is 0 Å². The first kappa shape index (κ1) is 38.5. The number of nitrogens with two attached hydrogens (primary N) is 4. The number of carboxylic acid groups (broad SMARTS) is 2. The van der Waals surface area contributed by atoms with Gasteiger partial charge >= 0.3 is 11.9 Å². The Labute approximate surface area is 297 Å². The van der Waals surface area contributed by atoms with Crippen LogP contribution in [0.2, 0.25) is 0 Å². The van der Waals surface area contributed by atoms with Crippen LogP contribution >= 0.6 is 23.3 Å². The van der Waals surface area contributed by atoms with Crippen LogP contribution in [-0.4, -0.2) is 112 Å². The lowest BCUT2D eigenvalue weighted by Crippen LogP contribution is -2.71. The normalized spacial score (nSPS) is 18.0. The average molecular weight is 753 g/mol. The third-order valence-corrected chi connectivity index (χ3v) is 9.60. The number of carboxylic acids is 2. The molecule has 0 aliphatic carbocycles. The van der Waals surface area contributed by atoms with Gasteiger partial charge in [-0.25, -0.2) is 9.59 Å². The summed E-state index contributed by atoms with van der Waals surface area (Å²) in [5, 5.41) is 30.1. The summed E-state index contributed by atoms with van der Waals surface area (Å²) in [6, 6.07) is -2.13. The van der Waals surface area contributed by atoms with Crippen molar-refractivity contribution in [2.45, 2.75) is 56.3 Å². The minimum absolute atomic E-state index is 0.0180. The van der Waals surface area contributed by atoms with E-state index in [2.05, 4.69) is 30.5 Å². The predicted molar refractivity (Wildman–Crippen MR) is 181 cm³/mol. The Bertz CT molecular complexity index is 1800. The standard InChI is InChI=1S/C27H37N13O9S2/c1-27(2,25(47)48)49-36-15(19-35-26(31)51-37-19)21(43)34-16-22(44)40-17(24(45)46)11(10-50-23(16)40)8-39-9-13(18(30)38(39)3)33-20(42)12(5-4-6-28)32-14(41)7-29/h9,12,16,23,30H,4-8,10,28-29H2,1-3H3,(H7,31,32,33,34,35,37,41,42,43,45,46,47,48)/p+1/b36-15+/t12-,16+,23+/m0/s1. The molecule has 13 N–H and O–H groups in total. The molecule has 22 nitrogen and oxygen atoms in total. The number of nitrogens with zero attached hydrogens (tertiary/aromatic N) is 6. The molecule has 4 amide bonds. The number of β-lactam (4-membered cyclic amide) rings is 1. The van der Waals surface area contributed by atoms with Crippen LogP contribution in [0.15, 0.2) is 22.6 Å². The second-order valence-corrected chi connectivity index (χ2v) is 13.6. The Hall–Kier alpha value is -5.33. The summed E-state index contributed by atoms with van der Waals surface area (Å²) in [5.41, 5.74) is 20.7. The second-order valence-electron chi connectivity index (χ2n) is 11.7. The molecule has 2 aromatic heterocycles. The molecule has 3 atom stereocenters. The van der Waals surface area contributed by atoms with E-state index in [9.17, 15) is 39.0 Å². The first-order valence-electron chi connectivity index (χ1n) is 15.2. The number of anilines is 3. The molecule has 1 fully saturated rings. The van der Waals surface area contributed by atoms with Gasteiger partial charge in [-0.1, -0.05) is 5.16 Å². The number of hydrogen-bond acceptors (Lipinski definition) is 16. The molecule has 4 heterocycles. The van der Waals surface area contributed by atoms with Gasteiger partial charge in [0.25, 0.3) is 11.8 Å². The van der Waals surface area contributed by atoms with Crippen molar-refractivity contribution in [2.24, 2.45) is 23.7 Å². The van der Waals surface area contributed by atoms with E-state index >= 15 is 0 Å². The number of amides is 4. The quantitative estimate of drug-likeness (QED) is 0.0347. The Morgan fingerprint density at radius 3 is 2.51 bits per heavy atom. The summed E-state index contributed by atoms with van der Waals surface area (Å²) in [6.45, 7) is 2.32. The molecule has 0 saturated carbocycles. The van der Waals surface area contributed by atoms with Crippen LogP contribution in [0.3, 0.4) is 0 Å². The molecular weight excluding hydrogens is 715 g/mol. The van der Waals surface area contributed by atoms with Gasteiger partial charge in [0, 0.05) is 22.9 Å². The van der Waals surface area contributed by atoms with Crippen LogP contribution in [0.1, 0.15) is 32.5 Å². The van der Waals surface area contributed by atoms with Crippen LogP contribution in [0.25, 0.3) is 0 Å². The number of nitrogens with one attached hydrogen (secondary N) is 3. The molecule has 0 radical (unpaired) electrons. The van der Waals surface area contributed by atoms with Crippen molar-refractivity contribution >= 4 is 81.2 Å². The zero-order valence-electron chi connectivity index (χ0n) is 27.6. The van der Waals surface area contributed by atoms with Crippen LogP contribution in [0.4, 0.5) is 16.6 Å². The van der Waals surface area contributed by atoms with Gasteiger partial charge in [-0.15, -0.1) is 21.1 Å². The SMILES string of the molecule is Cn1c(N)c(NC(=O)[C@H](CCCN)NC(=O)CN)c[n+]1CC1=C(C(=O)O)N2C(=O)[C@@H](NC(=O)/C(=N/OC(C)(C)C(=O)O)c3nsc(N)n3)[C@H]2SC1. The summed E-state index contributed by atoms with van der Waals surface area (Å²) < 4.78 is 6.93. The van der Waals surface area contributed by atoms with Crippen molar-refractivity contribution in [3.05, 3.63) is 23.3 Å². The molecule has 2 aliphatic rings. The van der Waals surface area contributed by atoms with Gasteiger partial charge in [-0.05, 0) is 33.2 Å². The van der Waals surface area contributed by atoms with E-state index in [4.69, 9.17) is 27.8 Å². The van der Waals surface area contributed by atoms with E-state index in [0.29, 0.717) is 18.5 Å². The summed E-state index contributed by atoms with van der Waals surface area (Å²) >= 11 is 1.92. The fourth-order valence-corrected chi connectivity index (χ4v) is 6.62. The van der Waals surface area contributed by atoms with E-state index in [-0.39, 0.29) is 53.4 Å². The predicted octanol–water partition coefficient (Wildman–Crippen LogP) is -3.53. The van der Waals surface area contributed by atoms with Crippen molar-refractivity contribution < 1.29 is 48.5 Å². The van der Waals surface area contributed by atoms with Crippen LogP contribution in [0, 0.1) is 0 Å². The molecule has 0 unspecified atom stereocenters. The number of nitrogen functional groups attached to an aromatic ring is 2. The minimum atomic E-state index is -1.84. The molecule has 2 aliphatic heterocycles. The largest absolute Gasteiger partial charge is 0.478 e. The fraction of sp³-hybridized carbons (Fsp3) is 0.481. The minimum Gasteiger partial charge on any atom is -0.478 e. The van der Waals surface area contributed by atoms with E-state index in [1.807, 2.05) is 0 Å². The van der Waals surface area contributed by atoms with Crippen molar-refractivity contribution in [3.8, 4) is 0 Å². The first-order valence-corrected chi connectivity index (χ1v) is 17.0. The fourth-order valence-electron chi connectivity index (χ4n) is 4.85. The van der Waals surface area contributed by atoms with Gasteiger partial charge in [0.15, 0.2) is 23.2 Å². The molecule has 0 aromatic carbocycles. The lowest BCUT2D eigenvalue weighted by atomic mass is 10.0. The summed E-state index contributed by atoms with van der Waals surface area (Å²) in [7, 11) is 1.58. The highest BCUT2D eigenvalue weighted by molar-refractivity contribution is 8.00. The molecule has 2 aromatic rings. The average Bonchev–Trinajstić information content (AvgIpc) is 3.62. The molecule has 0 spiro atoms. The molecule has 1 saturated heterocycles. The van der Waals surface area contributed by atoms with Gasteiger partial charge < -0.3 is 53.9 Å². The van der Waals surface area contributed by atoms with E-state index < -0.39 is 64.3 Å². The molecule has 24 heteroatoms. The number of thioether (sulfide) groups is 1. The highest BCUT2D eigenvalue weighted by atomic mass is 32.2. The number of hydrogen-bond donors (Lipinski definition) is 9. The summed E-state index contributed by atoms with van der Waals surface area (Å²) in [5.74, 6) is -5.61.